The summed E-state index contributed by atoms with van der Waals surface area (Å²) in [7, 11) is -5.22. The number of fused-ring (bicyclic) bond motifs is 9. The number of benzene rings is 5. The van der Waals surface area contributed by atoms with Crippen LogP contribution in [0.4, 0.5) is 5.69 Å². The van der Waals surface area contributed by atoms with Gasteiger partial charge in [0, 0.05) is 156 Å². The Morgan fingerprint density at radius 2 is 1.00 bits per heavy atom. The van der Waals surface area contributed by atoms with Crippen molar-refractivity contribution in [3.63, 3.8) is 0 Å². The zero-order chi connectivity index (χ0) is 117. The molecule has 5 aromatic carbocycles. The van der Waals surface area contributed by atoms with Gasteiger partial charge in [-0.3, -0.25) is 4.85 Å². The van der Waals surface area contributed by atoms with E-state index in [1.165, 1.54) is 28.6 Å². The van der Waals surface area contributed by atoms with Crippen molar-refractivity contribution in [1.82, 2.24) is 49.8 Å². The predicted molar refractivity (Wildman–Crippen MR) is 579 cm³/mol. The molecule has 0 bridgehead atoms. The molecule has 13 aromatic heterocycles. The number of hydrogen-bond acceptors (Lipinski definition) is 13. The summed E-state index contributed by atoms with van der Waals surface area (Å²) < 4.78 is 188. The van der Waals surface area contributed by atoms with Gasteiger partial charge in [0.05, 0.1) is 50.3 Å². The van der Waals surface area contributed by atoms with Crippen molar-refractivity contribution < 1.29 is 102 Å². The van der Waals surface area contributed by atoms with Crippen LogP contribution in [0.25, 0.3) is 139 Å². The molecule has 0 saturated carbocycles. The molecule has 0 spiro atoms. The molecular weight excluding hydrogens is 2300 g/mol. The number of hydrogen-bond donors (Lipinski definition) is 0. The summed E-state index contributed by atoms with van der Waals surface area (Å²) in [6, 6.07) is 57.5. The number of furan rings is 3. The topological polar surface area (TPSA) is 173 Å². The van der Waals surface area contributed by atoms with Gasteiger partial charge in [-0.05, 0) is 196 Å². The second-order valence-electron chi connectivity index (χ2n) is 39.6. The maximum Gasteiger partial charge on any atom is 0.216 e. The van der Waals surface area contributed by atoms with Crippen molar-refractivity contribution in [3.05, 3.63) is 323 Å². The maximum absolute atomic E-state index is 8.66. The minimum Gasteiger partial charge on any atom is -0.486 e. The first-order valence-electron chi connectivity index (χ1n) is 56.4. The number of aryl methyl sites for hydroxylation is 3. The molecular formula is C120H133Ir3N11O3Si3-6. The van der Waals surface area contributed by atoms with Crippen LogP contribution in [0, 0.1) is 86.9 Å². The average molecular weight is 2460 g/mol. The first-order chi connectivity index (χ1) is 73.0. The SMILES string of the molecule is [2H]C(C)(C)c1cc(-c2[c-]ccc([N+]#[C-])c2)ncc1[Si](C)(C)C.[2H]C(C)(c1ccnc(-c2[c-]ccc3c2oc2ncccc23)c1)C(C)C.[2H]C([2H])([2H])c1c[c-]c(-c2cc(C([2H])(C)C)c([Si](C)(C)C)cn2)cc1C.[2H]C([2H])([2H])c1ccc2c(n1)oc1c(-c3cc(C([2H])([2H])C(C)(C)C)ccn3)[c-]ncc12.[2H]C([2H])(c1ccnc(-c2[c-]ccc3c2oc2nc(C([2H])([2H])C(C)C)ccc23)c1)C(C)C.[2H]c1[c-]c(-c2nc([2H])c([Si](C)(C)C)c(C([2H])(C)C)c2[2H])cc([2H])c1[2H].[Ir].[Ir].[Ir]. The van der Waals surface area contributed by atoms with Crippen molar-refractivity contribution in [2.45, 2.75) is 233 Å². The van der Waals surface area contributed by atoms with Crippen molar-refractivity contribution in [2.75, 3.05) is 0 Å². The Balaban J connectivity index is 0.000000196. The van der Waals surface area contributed by atoms with Crippen LogP contribution in [0.1, 0.15) is 219 Å². The molecule has 18 aromatic rings. The van der Waals surface area contributed by atoms with Crippen LogP contribution < -0.4 is 15.6 Å². The Kier molecular flexibility index (Phi) is 28.8. The summed E-state index contributed by atoms with van der Waals surface area (Å²) in [5.74, 6) is -3.38. The standard InChI is InChI=1S/C24H25N2O.C21H20N3O.C21H19N2O.C19H26NSi.C18H21N2Si.C17H22NSi.3Ir/c1-15(2)12-17-10-11-25-22(14-17)21-7-5-6-19-20-9-8-18(13-16(3)4)26-24(20)27-23(19)21;1-13-5-6-15-16-11-22-12-17(19(16)25-20(15)24-13)18-9-14(7-8-23-18)10-21(2,3)4;1-13(2)14(3)15-9-11-22-19(12-15)18-7-4-6-16-17-8-5-10-23-21(17)24-20(16)18;1-13(2)17-11-18(20-12-19(17)21(5,6)7)16-9-8-14(3)15(4)10-16;1-13(2)16-11-17(20-12-18(16)21(4,5)6)14-8-7-9-15(10-14)19-3;1-13(2)15-11-16(14-9-7-6-8-10-14)18-12-17(15)19(3,4)5;;;/h5-6,8-11,14-16H,12-13H2,1-4H3;5-9,11H,10H2,1-4H3;4-6,8-14H,1-3H3;8,10-13H,1-7H3;7,9-13H,1-2,4-6H3;6-9,11-13H,1-5H3;;;/q6*-1;;;/i12D2,13D2;1D3,10D2;14D;3D3,13D;13D;6D,7D,8D,11D,12D,13D;;;. The minimum absolute atomic E-state index is 0. The largest absolute Gasteiger partial charge is 0.486 e. The molecule has 0 amide bonds. The molecule has 14 nitrogen and oxygen atoms in total. The molecule has 3 radical (unpaired) electrons. The van der Waals surface area contributed by atoms with Crippen LogP contribution in [0.15, 0.2) is 233 Å². The Morgan fingerprint density at radius 1 is 0.457 bits per heavy atom. The normalized spacial score (nSPS) is 15.0. The fourth-order valence-electron chi connectivity index (χ4n) is 15.3. The number of nitrogens with zero attached hydrogens (tertiary/aromatic N) is 11. The zero-order valence-electron chi connectivity index (χ0n) is 105. The molecule has 0 fully saturated rings. The van der Waals surface area contributed by atoms with Gasteiger partial charge in [-0.1, -0.05) is 281 Å². The molecule has 0 aliphatic carbocycles. The molecule has 0 aliphatic rings. The van der Waals surface area contributed by atoms with Gasteiger partial charge in [0.2, 0.25) is 17.1 Å². The molecule has 0 saturated heterocycles. The van der Waals surface area contributed by atoms with E-state index in [0.29, 0.717) is 100 Å². The zero-order valence-corrected chi connectivity index (χ0v) is 94.5. The molecule has 13 heterocycles. The van der Waals surface area contributed by atoms with E-state index in [0.717, 1.165) is 77.6 Å². The number of aromatic nitrogens is 10. The molecule has 18 rings (SSSR count). The fraction of sp³-hybridized carbons (Fsp3) is 0.325. The van der Waals surface area contributed by atoms with Gasteiger partial charge in [-0.2, -0.15) is 6.07 Å². The van der Waals surface area contributed by atoms with Crippen LogP contribution in [-0.4, -0.2) is 74.1 Å². The van der Waals surface area contributed by atoms with Gasteiger partial charge in [-0.25, -0.2) is 15.0 Å². The van der Waals surface area contributed by atoms with Crippen molar-refractivity contribution in [1.29, 1.82) is 0 Å². The van der Waals surface area contributed by atoms with Gasteiger partial charge < -0.3 is 48.1 Å². The van der Waals surface area contributed by atoms with E-state index < -0.39 is 86.0 Å². The maximum atomic E-state index is 8.66. The van der Waals surface area contributed by atoms with Gasteiger partial charge >= 0.3 is 0 Å². The average Bonchev–Trinajstić information content (AvgIpc) is 1.70. The second kappa shape index (κ2) is 48.2. The summed E-state index contributed by atoms with van der Waals surface area (Å²) in [6.45, 7) is 54.1. The van der Waals surface area contributed by atoms with Crippen LogP contribution >= 0.6 is 0 Å². The number of pyridine rings is 10. The smallest absolute Gasteiger partial charge is 0.216 e. The monoisotopic (exact) mass is 2460 g/mol. The van der Waals surface area contributed by atoms with Crippen LogP contribution in [0.5, 0.6) is 0 Å². The minimum atomic E-state index is -2.34. The molecule has 1 unspecified atom stereocenters. The molecule has 0 N–H and O–H groups in total. The van der Waals surface area contributed by atoms with Crippen LogP contribution in [0.3, 0.4) is 0 Å². The second-order valence-corrected chi connectivity index (χ2v) is 54.6. The predicted octanol–water partition coefficient (Wildman–Crippen LogP) is 30.8. The quantitative estimate of drug-likeness (QED) is 0.0553. The Bertz CT molecular complexity index is 8440. The molecule has 20 heteroatoms. The van der Waals surface area contributed by atoms with E-state index in [1.54, 1.807) is 112 Å². The van der Waals surface area contributed by atoms with Gasteiger partial charge in [0.15, 0.2) is 0 Å². The summed E-state index contributed by atoms with van der Waals surface area (Å²) in [6.07, 6.45) is 10.3. The Labute approximate surface area is 904 Å². The fourth-order valence-corrected chi connectivity index (χ4v) is 20.0. The van der Waals surface area contributed by atoms with E-state index in [2.05, 4.69) is 164 Å². The van der Waals surface area contributed by atoms with Gasteiger partial charge in [0.1, 0.15) is 5.69 Å². The number of rotatable bonds is 19. The van der Waals surface area contributed by atoms with Crippen molar-refractivity contribution >= 4 is 112 Å². The summed E-state index contributed by atoms with van der Waals surface area (Å²) in [5.41, 5.74) is 15.8. The molecule has 140 heavy (non-hydrogen) atoms. The molecule has 0 aliphatic heterocycles. The Hall–Kier alpha value is -10.9. The van der Waals surface area contributed by atoms with E-state index in [-0.39, 0.29) is 131 Å². The summed E-state index contributed by atoms with van der Waals surface area (Å²) in [4.78, 5) is 47.3. The molecule has 1 atom stereocenters. The Morgan fingerprint density at radius 3 is 1.56 bits per heavy atom. The van der Waals surface area contributed by atoms with E-state index in [9.17, 15) is 0 Å². The first kappa shape index (κ1) is 83.7. The van der Waals surface area contributed by atoms with Crippen molar-refractivity contribution in [2.24, 2.45) is 23.2 Å². The van der Waals surface area contributed by atoms with Gasteiger partial charge in [-0.15, -0.1) is 131 Å². The third-order valence-corrected chi connectivity index (χ3v) is 28.3. The summed E-state index contributed by atoms with van der Waals surface area (Å²) in [5, 5.41) is 8.02. The van der Waals surface area contributed by atoms with E-state index >= 15 is 0 Å². The third kappa shape index (κ3) is 27.9. The van der Waals surface area contributed by atoms with Crippen LogP contribution in [0.2, 0.25) is 58.9 Å². The summed E-state index contributed by atoms with van der Waals surface area (Å²) >= 11 is 0. The van der Waals surface area contributed by atoms with Crippen LogP contribution in [-0.2, 0) is 79.4 Å². The van der Waals surface area contributed by atoms with Gasteiger partial charge in [0.25, 0.3) is 0 Å². The van der Waals surface area contributed by atoms with E-state index in [4.69, 9.17) is 48.6 Å². The third-order valence-electron chi connectivity index (χ3n) is 22.4. The first-order valence-corrected chi connectivity index (χ1v) is 56.4. The molecule has 731 valence electrons. The van der Waals surface area contributed by atoms with Crippen molar-refractivity contribution in [3.8, 4) is 67.5 Å². The van der Waals surface area contributed by atoms with E-state index in [1.807, 2.05) is 162 Å².